The number of rotatable bonds is 4. The van der Waals surface area contributed by atoms with Gasteiger partial charge in [0, 0.05) is 25.7 Å². The van der Waals surface area contributed by atoms with Crippen molar-refractivity contribution in [1.82, 2.24) is 19.4 Å². The van der Waals surface area contributed by atoms with Crippen LogP contribution in [0.2, 0.25) is 5.02 Å². The molecule has 5 rings (SSSR count). The van der Waals surface area contributed by atoms with Gasteiger partial charge in [-0.15, -0.1) is 0 Å². The monoisotopic (exact) mass is 484 g/mol. The number of alkyl halides is 3. The molecule has 0 radical (unpaired) electrons. The first-order valence-corrected chi connectivity index (χ1v) is 11.5. The molecule has 0 bridgehead atoms. The van der Waals surface area contributed by atoms with Gasteiger partial charge in [-0.25, -0.2) is 4.52 Å². The Bertz CT molecular complexity index is 1110. The summed E-state index contributed by atoms with van der Waals surface area (Å²) >= 11 is 6.37. The van der Waals surface area contributed by atoms with Crippen molar-refractivity contribution in [2.75, 3.05) is 26.2 Å². The molecule has 0 aromatic carbocycles. The number of carbonyl (C=O) groups excluding carboxylic acids is 2. The zero-order valence-corrected chi connectivity index (χ0v) is 18.6. The molecule has 2 atom stereocenters. The summed E-state index contributed by atoms with van der Waals surface area (Å²) in [4.78, 5) is 28.9. The van der Waals surface area contributed by atoms with E-state index < -0.39 is 17.8 Å². The number of aromatic nitrogens is 2. The van der Waals surface area contributed by atoms with Gasteiger partial charge in [0.15, 0.2) is 5.69 Å². The number of carbonyl (C=O) groups is 2. The van der Waals surface area contributed by atoms with Gasteiger partial charge in [-0.05, 0) is 61.6 Å². The van der Waals surface area contributed by atoms with E-state index in [0.717, 1.165) is 38.2 Å². The van der Waals surface area contributed by atoms with E-state index in [4.69, 9.17) is 11.6 Å². The van der Waals surface area contributed by atoms with Crippen LogP contribution in [0.25, 0.3) is 5.52 Å². The summed E-state index contributed by atoms with van der Waals surface area (Å²) < 4.78 is 41.8. The number of piperazine rings is 1. The standard InChI is InChI=1S/C22H24ClF3N4O3/c23-19-16-8-14(13-2-3-13)9-17(22(24,25)26)30(16)27-20(19)21(33)28-5-6-29(18(32)10-28)15-4-1-12(7-15)11-31/h8-9,12-13,15,31H,1-7,10-11H2/t12-,15?/m1/s1. The molecular weight excluding hydrogens is 461 g/mol. The number of pyridine rings is 1. The SMILES string of the molecule is O=C(c1nn2c(C(F)(F)F)cc(C3CC3)cc2c1Cl)N1CCN(C2CC[C@@H](CO)C2)C(=O)C1. The molecule has 1 aliphatic heterocycles. The minimum Gasteiger partial charge on any atom is -0.396 e. The number of hydrogen-bond donors (Lipinski definition) is 1. The second kappa shape index (κ2) is 8.16. The largest absolute Gasteiger partial charge is 0.433 e. The van der Waals surface area contributed by atoms with Crippen molar-refractivity contribution in [3.63, 3.8) is 0 Å². The minimum absolute atomic E-state index is 0.0425. The molecular formula is C22H24ClF3N4O3. The maximum atomic E-state index is 13.7. The molecule has 2 aromatic rings. The lowest BCUT2D eigenvalue weighted by atomic mass is 10.1. The molecule has 11 heteroatoms. The fraction of sp³-hybridized carbons (Fsp3) is 0.591. The van der Waals surface area contributed by atoms with E-state index in [9.17, 15) is 27.9 Å². The van der Waals surface area contributed by atoms with E-state index in [0.29, 0.717) is 16.6 Å². The van der Waals surface area contributed by atoms with Gasteiger partial charge in [0.2, 0.25) is 5.91 Å². The summed E-state index contributed by atoms with van der Waals surface area (Å²) in [7, 11) is 0. The zero-order valence-electron chi connectivity index (χ0n) is 17.8. The molecule has 2 amide bonds. The first kappa shape index (κ1) is 22.5. The first-order chi connectivity index (χ1) is 15.7. The van der Waals surface area contributed by atoms with E-state index in [-0.39, 0.29) is 59.7 Å². The van der Waals surface area contributed by atoms with E-state index in [1.165, 1.54) is 4.90 Å². The van der Waals surface area contributed by atoms with Crippen LogP contribution in [-0.4, -0.2) is 68.6 Å². The maximum absolute atomic E-state index is 13.7. The molecule has 3 fully saturated rings. The Morgan fingerprint density at radius 3 is 2.55 bits per heavy atom. The highest BCUT2D eigenvalue weighted by molar-refractivity contribution is 6.36. The highest BCUT2D eigenvalue weighted by Gasteiger charge is 2.40. The average molecular weight is 485 g/mol. The van der Waals surface area contributed by atoms with Crippen LogP contribution in [0.15, 0.2) is 12.1 Å². The lowest BCUT2D eigenvalue weighted by Crippen LogP contribution is -2.55. The molecule has 7 nitrogen and oxygen atoms in total. The fourth-order valence-electron chi connectivity index (χ4n) is 5.02. The number of nitrogens with zero attached hydrogens (tertiary/aromatic N) is 4. The second-order valence-electron chi connectivity index (χ2n) is 9.23. The van der Waals surface area contributed by atoms with Gasteiger partial charge >= 0.3 is 6.18 Å². The number of aliphatic hydroxyl groups is 1. The third kappa shape index (κ3) is 4.07. The van der Waals surface area contributed by atoms with Crippen molar-refractivity contribution in [1.29, 1.82) is 0 Å². The van der Waals surface area contributed by atoms with Gasteiger partial charge in [-0.3, -0.25) is 9.59 Å². The molecule has 3 aliphatic rings. The number of amides is 2. The van der Waals surface area contributed by atoms with E-state index in [2.05, 4.69) is 5.10 Å². The molecule has 178 valence electrons. The minimum atomic E-state index is -4.66. The molecule has 1 N–H and O–H groups in total. The number of aliphatic hydroxyl groups excluding tert-OH is 1. The highest BCUT2D eigenvalue weighted by Crippen LogP contribution is 2.43. The Kier molecular flexibility index (Phi) is 5.55. The van der Waals surface area contributed by atoms with Gasteiger partial charge < -0.3 is 14.9 Å². The smallest absolute Gasteiger partial charge is 0.396 e. The molecule has 2 aromatic heterocycles. The van der Waals surface area contributed by atoms with E-state index in [1.54, 1.807) is 11.0 Å². The van der Waals surface area contributed by atoms with Crippen molar-refractivity contribution < 1.29 is 27.9 Å². The topological polar surface area (TPSA) is 78.2 Å². The normalized spacial score (nSPS) is 24.2. The van der Waals surface area contributed by atoms with Crippen molar-refractivity contribution in [2.45, 2.75) is 50.2 Å². The first-order valence-electron chi connectivity index (χ1n) is 11.2. The van der Waals surface area contributed by atoms with Gasteiger partial charge in [-0.1, -0.05) is 11.6 Å². The predicted molar refractivity (Wildman–Crippen MR) is 113 cm³/mol. The van der Waals surface area contributed by atoms with Gasteiger partial charge in [-0.2, -0.15) is 18.3 Å². The Morgan fingerprint density at radius 2 is 1.94 bits per heavy atom. The Morgan fingerprint density at radius 1 is 1.18 bits per heavy atom. The number of fused-ring (bicyclic) bond motifs is 1. The average Bonchev–Trinajstić information content (AvgIpc) is 3.43. The summed E-state index contributed by atoms with van der Waals surface area (Å²) in [6, 6.07) is 2.69. The number of hydrogen-bond acceptors (Lipinski definition) is 4. The van der Waals surface area contributed by atoms with Crippen molar-refractivity contribution in [3.8, 4) is 0 Å². The van der Waals surface area contributed by atoms with E-state index >= 15 is 0 Å². The van der Waals surface area contributed by atoms with Crippen LogP contribution in [0, 0.1) is 5.92 Å². The van der Waals surface area contributed by atoms with Crippen LogP contribution < -0.4 is 0 Å². The van der Waals surface area contributed by atoms with Crippen LogP contribution in [0.4, 0.5) is 13.2 Å². The Balaban J connectivity index is 1.40. The zero-order chi connectivity index (χ0) is 23.5. The molecule has 1 unspecified atom stereocenters. The summed E-state index contributed by atoms with van der Waals surface area (Å²) in [5.41, 5.74) is -0.666. The van der Waals surface area contributed by atoms with Crippen LogP contribution >= 0.6 is 11.6 Å². The Labute approximate surface area is 193 Å². The van der Waals surface area contributed by atoms with Crippen molar-refractivity contribution >= 4 is 28.9 Å². The third-order valence-electron chi connectivity index (χ3n) is 6.99. The van der Waals surface area contributed by atoms with Gasteiger partial charge in [0.05, 0.1) is 10.5 Å². The number of halogens is 4. The Hall–Kier alpha value is -2.33. The molecule has 0 spiro atoms. The molecule has 33 heavy (non-hydrogen) atoms. The van der Waals surface area contributed by atoms with Crippen molar-refractivity contribution in [2.24, 2.45) is 5.92 Å². The molecule has 3 heterocycles. The quantitative estimate of drug-likeness (QED) is 0.722. The van der Waals surface area contributed by atoms with E-state index in [1.807, 2.05) is 0 Å². The summed E-state index contributed by atoms with van der Waals surface area (Å²) in [5.74, 6) is -0.627. The summed E-state index contributed by atoms with van der Waals surface area (Å²) in [6.45, 7) is 0.493. The molecule has 1 saturated heterocycles. The summed E-state index contributed by atoms with van der Waals surface area (Å²) in [5, 5.41) is 13.2. The fourth-order valence-corrected chi connectivity index (χ4v) is 5.28. The van der Waals surface area contributed by atoms with Crippen LogP contribution in [0.5, 0.6) is 0 Å². The predicted octanol–water partition coefficient (Wildman–Crippen LogP) is 3.33. The summed E-state index contributed by atoms with van der Waals surface area (Å²) in [6.07, 6.45) is -0.622. The lowest BCUT2D eigenvalue weighted by molar-refractivity contribution is -0.142. The molecule has 2 saturated carbocycles. The highest BCUT2D eigenvalue weighted by atomic mass is 35.5. The van der Waals surface area contributed by atoms with Crippen molar-refractivity contribution in [3.05, 3.63) is 34.1 Å². The van der Waals surface area contributed by atoms with Crippen LogP contribution in [0.3, 0.4) is 0 Å². The maximum Gasteiger partial charge on any atom is 0.433 e. The third-order valence-corrected chi connectivity index (χ3v) is 7.37. The van der Waals surface area contributed by atoms with Gasteiger partial charge in [0.1, 0.15) is 12.2 Å². The van der Waals surface area contributed by atoms with Crippen LogP contribution in [-0.2, 0) is 11.0 Å². The second-order valence-corrected chi connectivity index (χ2v) is 9.61. The molecule has 2 aliphatic carbocycles. The van der Waals surface area contributed by atoms with Gasteiger partial charge in [0.25, 0.3) is 5.91 Å². The lowest BCUT2D eigenvalue weighted by Gasteiger charge is -2.37. The van der Waals surface area contributed by atoms with Crippen LogP contribution in [0.1, 0.15) is 59.8 Å².